The molecule has 1 aromatic rings. The summed E-state index contributed by atoms with van der Waals surface area (Å²) < 4.78 is 25.7. The molecule has 1 heterocycles. The van der Waals surface area contributed by atoms with Gasteiger partial charge in [-0.3, -0.25) is 0 Å². The second-order valence-corrected chi connectivity index (χ2v) is 6.84. The van der Waals surface area contributed by atoms with Crippen molar-refractivity contribution in [3.8, 4) is 0 Å². The van der Waals surface area contributed by atoms with E-state index in [9.17, 15) is 8.42 Å². The Balaban J connectivity index is 2.81. The topological polar surface area (TPSA) is 96.0 Å². The Bertz CT molecular complexity index is 545. The van der Waals surface area contributed by atoms with E-state index in [1.807, 2.05) is 6.92 Å². The summed E-state index contributed by atoms with van der Waals surface area (Å²) in [6, 6.07) is 0. The summed E-state index contributed by atoms with van der Waals surface area (Å²) in [5, 5.41) is 6.30. The molecule has 0 aliphatic carbocycles. The summed E-state index contributed by atoms with van der Waals surface area (Å²) in [6.45, 7) is 9.34. The highest BCUT2D eigenvalue weighted by atomic mass is 32.2. The van der Waals surface area contributed by atoms with Gasteiger partial charge in [-0.25, -0.2) is 23.1 Å². The van der Waals surface area contributed by atoms with Crippen LogP contribution in [0.15, 0.2) is 6.33 Å². The van der Waals surface area contributed by atoms with Gasteiger partial charge in [-0.1, -0.05) is 20.8 Å². The first-order valence-corrected chi connectivity index (χ1v) is 8.86. The van der Waals surface area contributed by atoms with Crippen molar-refractivity contribution in [1.82, 2.24) is 14.7 Å². The largest absolute Gasteiger partial charge is 0.370 e. The second-order valence-electron chi connectivity index (χ2n) is 4.91. The molecule has 0 fully saturated rings. The van der Waals surface area contributed by atoms with Gasteiger partial charge in [-0.2, -0.15) is 0 Å². The van der Waals surface area contributed by atoms with E-state index in [2.05, 4.69) is 39.2 Å². The van der Waals surface area contributed by atoms with Crippen molar-refractivity contribution in [2.45, 2.75) is 33.6 Å². The summed E-state index contributed by atoms with van der Waals surface area (Å²) in [7, 11) is -3.23. The molecule has 0 spiro atoms. The van der Waals surface area contributed by atoms with Crippen LogP contribution in [0.2, 0.25) is 0 Å². The van der Waals surface area contributed by atoms with Crippen molar-refractivity contribution in [2.24, 2.45) is 0 Å². The van der Waals surface area contributed by atoms with E-state index in [4.69, 9.17) is 0 Å². The SMILES string of the molecule is CCNc1ncnc(NCCS(=O)(=O)NCC)c1C(C)C. The smallest absolute Gasteiger partial charge is 0.213 e. The van der Waals surface area contributed by atoms with Gasteiger partial charge in [0.1, 0.15) is 18.0 Å². The lowest BCUT2D eigenvalue weighted by molar-refractivity contribution is 0.584. The summed E-state index contributed by atoms with van der Waals surface area (Å²) >= 11 is 0. The van der Waals surface area contributed by atoms with Crippen LogP contribution in [0, 0.1) is 0 Å². The average Bonchev–Trinajstić information content (AvgIpc) is 2.38. The Morgan fingerprint density at radius 2 is 1.71 bits per heavy atom. The maximum atomic E-state index is 11.6. The molecule has 21 heavy (non-hydrogen) atoms. The van der Waals surface area contributed by atoms with Crippen LogP contribution in [-0.2, 0) is 10.0 Å². The average molecular weight is 315 g/mol. The first-order valence-electron chi connectivity index (χ1n) is 7.21. The van der Waals surface area contributed by atoms with Crippen molar-refractivity contribution in [1.29, 1.82) is 0 Å². The number of anilines is 2. The summed E-state index contributed by atoms with van der Waals surface area (Å²) in [5.74, 6) is 1.72. The molecule has 0 saturated heterocycles. The number of hydrogen-bond acceptors (Lipinski definition) is 6. The molecule has 1 aromatic heterocycles. The van der Waals surface area contributed by atoms with E-state index in [0.717, 1.165) is 17.9 Å². The Hall–Kier alpha value is -1.41. The molecule has 0 saturated carbocycles. The van der Waals surface area contributed by atoms with E-state index in [-0.39, 0.29) is 11.7 Å². The first kappa shape index (κ1) is 17.6. The predicted octanol–water partition coefficient (Wildman–Crippen LogP) is 1.38. The van der Waals surface area contributed by atoms with E-state index >= 15 is 0 Å². The van der Waals surface area contributed by atoms with Crippen LogP contribution >= 0.6 is 0 Å². The fourth-order valence-corrected chi connectivity index (χ4v) is 2.94. The molecule has 0 bridgehead atoms. The van der Waals surface area contributed by atoms with E-state index in [1.54, 1.807) is 6.92 Å². The molecule has 0 aliphatic heterocycles. The van der Waals surface area contributed by atoms with Crippen LogP contribution in [0.25, 0.3) is 0 Å². The molecule has 3 N–H and O–H groups in total. The fourth-order valence-electron chi connectivity index (χ4n) is 1.99. The van der Waals surface area contributed by atoms with Gasteiger partial charge in [0.05, 0.1) is 5.75 Å². The number of nitrogens with zero attached hydrogens (tertiary/aromatic N) is 2. The lowest BCUT2D eigenvalue weighted by atomic mass is 10.0. The first-order chi connectivity index (χ1) is 9.91. The van der Waals surface area contributed by atoms with Crippen molar-refractivity contribution in [2.75, 3.05) is 36.0 Å². The highest BCUT2D eigenvalue weighted by Crippen LogP contribution is 2.27. The van der Waals surface area contributed by atoms with Crippen molar-refractivity contribution in [3.05, 3.63) is 11.9 Å². The monoisotopic (exact) mass is 315 g/mol. The van der Waals surface area contributed by atoms with E-state index < -0.39 is 10.0 Å². The minimum Gasteiger partial charge on any atom is -0.370 e. The molecule has 8 heteroatoms. The normalized spacial score (nSPS) is 11.7. The molecule has 0 radical (unpaired) electrons. The number of hydrogen-bond donors (Lipinski definition) is 3. The third-order valence-electron chi connectivity index (χ3n) is 2.83. The zero-order chi connectivity index (χ0) is 15.9. The van der Waals surface area contributed by atoms with Crippen molar-refractivity contribution >= 4 is 21.7 Å². The van der Waals surface area contributed by atoms with Gasteiger partial charge in [0, 0.05) is 25.2 Å². The fraction of sp³-hybridized carbons (Fsp3) is 0.692. The molecule has 0 atom stereocenters. The van der Waals surface area contributed by atoms with Gasteiger partial charge in [0.25, 0.3) is 0 Å². The number of sulfonamides is 1. The molecule has 0 amide bonds. The molecule has 120 valence electrons. The van der Waals surface area contributed by atoms with Gasteiger partial charge in [0.2, 0.25) is 10.0 Å². The Morgan fingerprint density at radius 1 is 1.10 bits per heavy atom. The van der Waals surface area contributed by atoms with E-state index in [1.165, 1.54) is 6.33 Å². The molecule has 0 aromatic carbocycles. The van der Waals surface area contributed by atoms with Crippen LogP contribution in [0.3, 0.4) is 0 Å². The molecule has 0 aliphatic rings. The van der Waals surface area contributed by atoms with Crippen molar-refractivity contribution < 1.29 is 8.42 Å². The zero-order valence-corrected chi connectivity index (χ0v) is 13.9. The minimum absolute atomic E-state index is 0.0128. The summed E-state index contributed by atoms with van der Waals surface area (Å²) in [5.41, 5.74) is 0.972. The lowest BCUT2D eigenvalue weighted by Crippen LogP contribution is -2.29. The Kier molecular flexibility index (Phi) is 6.83. The minimum atomic E-state index is -3.23. The van der Waals surface area contributed by atoms with Crippen LogP contribution in [0.5, 0.6) is 0 Å². The molecule has 0 unspecified atom stereocenters. The predicted molar refractivity (Wildman–Crippen MR) is 86.2 cm³/mol. The molecule has 1 rings (SSSR count). The third-order valence-corrected chi connectivity index (χ3v) is 4.30. The molecular formula is C13H25N5O2S. The highest BCUT2D eigenvalue weighted by Gasteiger charge is 2.15. The van der Waals surface area contributed by atoms with Gasteiger partial charge in [0.15, 0.2) is 0 Å². The zero-order valence-electron chi connectivity index (χ0n) is 13.1. The standard InChI is InChI=1S/C13H25N5O2S/c1-5-14-12-11(10(3)4)13(17-9-16-12)15-7-8-21(19,20)18-6-2/h9-10,18H,5-8H2,1-4H3,(H2,14,15,16,17). The number of nitrogens with one attached hydrogen (secondary N) is 3. The van der Waals surface area contributed by atoms with Crippen LogP contribution in [0.4, 0.5) is 11.6 Å². The van der Waals surface area contributed by atoms with Crippen LogP contribution < -0.4 is 15.4 Å². The Morgan fingerprint density at radius 3 is 2.24 bits per heavy atom. The Labute approximate surface area is 127 Å². The maximum Gasteiger partial charge on any atom is 0.213 e. The molecular weight excluding hydrogens is 290 g/mol. The highest BCUT2D eigenvalue weighted by molar-refractivity contribution is 7.89. The van der Waals surface area contributed by atoms with Crippen molar-refractivity contribution in [3.63, 3.8) is 0 Å². The summed E-state index contributed by atoms with van der Waals surface area (Å²) in [4.78, 5) is 8.47. The van der Waals surface area contributed by atoms with E-state index in [0.29, 0.717) is 18.9 Å². The third kappa shape index (κ3) is 5.47. The lowest BCUT2D eigenvalue weighted by Gasteiger charge is -2.17. The van der Waals surface area contributed by atoms with Gasteiger partial charge in [-0.15, -0.1) is 0 Å². The quantitative estimate of drug-likeness (QED) is 0.637. The van der Waals surface area contributed by atoms with Gasteiger partial charge in [-0.05, 0) is 12.8 Å². The maximum absolute atomic E-state index is 11.6. The summed E-state index contributed by atoms with van der Waals surface area (Å²) in [6.07, 6.45) is 1.48. The van der Waals surface area contributed by atoms with Crippen LogP contribution in [0.1, 0.15) is 39.2 Å². The second kappa shape index (κ2) is 8.14. The van der Waals surface area contributed by atoms with Crippen LogP contribution in [-0.4, -0.2) is 43.8 Å². The molecule has 7 nitrogen and oxygen atoms in total. The van der Waals surface area contributed by atoms with Gasteiger partial charge < -0.3 is 10.6 Å². The number of aromatic nitrogens is 2. The number of rotatable bonds is 9. The van der Waals surface area contributed by atoms with Gasteiger partial charge >= 0.3 is 0 Å².